The zero-order chi connectivity index (χ0) is 26.0. The van der Waals surface area contributed by atoms with E-state index in [-0.39, 0.29) is 17.7 Å². The van der Waals surface area contributed by atoms with E-state index >= 15 is 0 Å². The smallest absolute Gasteiger partial charge is 0.339 e. The zero-order valence-corrected chi connectivity index (χ0v) is 20.0. The quantitative estimate of drug-likeness (QED) is 0.275. The van der Waals surface area contributed by atoms with Crippen LogP contribution in [0.4, 0.5) is 0 Å². The van der Waals surface area contributed by atoms with Crippen LogP contribution < -0.4 is 0 Å². The van der Waals surface area contributed by atoms with Crippen molar-refractivity contribution in [3.63, 3.8) is 0 Å². The number of hydrogen-bond acceptors (Lipinski definition) is 8. The number of aliphatic hydroxyl groups excluding tert-OH is 3. The summed E-state index contributed by atoms with van der Waals surface area (Å²) in [5.41, 5.74) is 2.34. The number of methoxy groups -OCH3 is 2. The molecule has 1 saturated heterocycles. The highest BCUT2D eigenvalue weighted by Crippen LogP contribution is 2.45. The number of nitrogens with one attached hydrogen (secondary N) is 1. The largest absolute Gasteiger partial charge is 0.465 e. The van der Waals surface area contributed by atoms with Gasteiger partial charge in [-0.2, -0.15) is 0 Å². The third kappa shape index (κ3) is 3.20. The number of nitrogens with zero attached hydrogens (tertiary/aromatic N) is 1. The Morgan fingerprint density at radius 2 is 1.51 bits per heavy atom. The summed E-state index contributed by atoms with van der Waals surface area (Å²) in [5, 5.41) is 33.7. The summed E-state index contributed by atoms with van der Waals surface area (Å²) in [5.74, 6) is -1.44. The Kier molecular flexibility index (Phi) is 5.42. The molecule has 2 aromatic heterocycles. The number of H-pyrrole nitrogens is 1. The number of carbonyl (C=O) groups is 2. The molecule has 4 N–H and O–H groups in total. The van der Waals surface area contributed by atoms with Crippen LogP contribution in [0.3, 0.4) is 0 Å². The minimum Gasteiger partial charge on any atom is -0.465 e. The highest BCUT2D eigenvalue weighted by molar-refractivity contribution is 6.33. The van der Waals surface area contributed by atoms with Crippen LogP contribution in [0.1, 0.15) is 26.9 Å². The molecule has 0 amide bonds. The van der Waals surface area contributed by atoms with Gasteiger partial charge in [0.1, 0.15) is 18.3 Å². The molecule has 1 aliphatic heterocycles. The lowest BCUT2D eigenvalue weighted by Crippen LogP contribution is -2.50. The number of para-hydroxylation sites is 2. The Bertz CT molecular complexity index is 1720. The number of rotatable bonds is 3. The predicted molar refractivity (Wildman–Crippen MR) is 134 cm³/mol. The summed E-state index contributed by atoms with van der Waals surface area (Å²) in [7, 11) is 2.48. The first-order chi connectivity index (χ1) is 17.9. The molecule has 1 aliphatic rings. The van der Waals surface area contributed by atoms with Gasteiger partial charge in [0.2, 0.25) is 0 Å². The fraction of sp³-hybridized carbons (Fsp3) is 0.259. The SMILES string of the molecule is COC(=O)c1c(C(=O)OC)c2c3ccccc3n([C@@H]3OC[C@@H](O)[C@H](O)[C@H]3O)c2c2[nH]c3ccccc3c12. The molecular weight excluding hydrogens is 480 g/mol. The van der Waals surface area contributed by atoms with E-state index in [0.29, 0.717) is 43.6 Å². The lowest BCUT2D eigenvalue weighted by Gasteiger charge is -2.36. The molecule has 1 fully saturated rings. The van der Waals surface area contributed by atoms with Crippen molar-refractivity contribution in [3.8, 4) is 0 Å². The minimum atomic E-state index is -1.48. The molecule has 0 radical (unpaired) electrons. The van der Waals surface area contributed by atoms with Gasteiger partial charge in [-0.05, 0) is 12.1 Å². The lowest BCUT2D eigenvalue weighted by molar-refractivity contribution is -0.208. The highest BCUT2D eigenvalue weighted by atomic mass is 16.5. The van der Waals surface area contributed by atoms with Crippen LogP contribution in [0, 0.1) is 0 Å². The fourth-order valence-corrected chi connectivity index (χ4v) is 5.49. The van der Waals surface area contributed by atoms with Crippen molar-refractivity contribution >= 4 is 55.6 Å². The molecular formula is C27H24N2O8. The average Bonchev–Trinajstić information content (AvgIpc) is 3.47. The van der Waals surface area contributed by atoms with Gasteiger partial charge in [0.05, 0.1) is 48.5 Å². The van der Waals surface area contributed by atoms with Crippen molar-refractivity contribution in [3.05, 3.63) is 59.7 Å². The van der Waals surface area contributed by atoms with Gasteiger partial charge in [-0.15, -0.1) is 0 Å². The monoisotopic (exact) mass is 504 g/mol. The number of esters is 2. The van der Waals surface area contributed by atoms with Crippen LogP contribution in [0.2, 0.25) is 0 Å². The van der Waals surface area contributed by atoms with Crippen LogP contribution in [-0.2, 0) is 14.2 Å². The first kappa shape index (κ1) is 23.4. The normalized spacial score (nSPS) is 22.2. The maximum Gasteiger partial charge on any atom is 0.339 e. The Labute approximate surface area is 209 Å². The Hall–Kier alpha value is -3.96. The summed E-state index contributed by atoms with van der Waals surface area (Å²) < 4.78 is 17.8. The van der Waals surface area contributed by atoms with E-state index in [2.05, 4.69) is 4.98 Å². The number of hydrogen-bond donors (Lipinski definition) is 4. The number of aliphatic hydroxyl groups is 3. The summed E-state index contributed by atoms with van der Waals surface area (Å²) in [4.78, 5) is 30.0. The van der Waals surface area contributed by atoms with Gasteiger partial charge in [0, 0.05) is 27.1 Å². The molecule has 0 spiro atoms. The summed E-state index contributed by atoms with van der Waals surface area (Å²) >= 11 is 0. The molecule has 0 aliphatic carbocycles. The number of carbonyl (C=O) groups excluding carboxylic acids is 2. The van der Waals surface area contributed by atoms with Crippen molar-refractivity contribution in [2.75, 3.05) is 20.8 Å². The molecule has 0 saturated carbocycles. The van der Waals surface area contributed by atoms with Gasteiger partial charge in [0.15, 0.2) is 6.23 Å². The molecule has 4 atom stereocenters. The van der Waals surface area contributed by atoms with Gasteiger partial charge in [-0.3, -0.25) is 0 Å². The van der Waals surface area contributed by atoms with E-state index in [9.17, 15) is 24.9 Å². The van der Waals surface area contributed by atoms with Crippen molar-refractivity contribution in [1.82, 2.24) is 9.55 Å². The van der Waals surface area contributed by atoms with Crippen molar-refractivity contribution < 1.29 is 39.1 Å². The summed E-state index contributed by atoms with van der Waals surface area (Å²) in [6, 6.07) is 14.5. The second-order valence-electron chi connectivity index (χ2n) is 9.04. The Morgan fingerprint density at radius 1 is 0.892 bits per heavy atom. The first-order valence-corrected chi connectivity index (χ1v) is 11.7. The number of benzene rings is 3. The van der Waals surface area contributed by atoms with Crippen LogP contribution in [0.5, 0.6) is 0 Å². The maximum absolute atomic E-state index is 13.4. The van der Waals surface area contributed by atoms with E-state index in [4.69, 9.17) is 14.2 Å². The van der Waals surface area contributed by atoms with E-state index in [1.807, 2.05) is 24.3 Å². The molecule has 3 heterocycles. The summed E-state index contributed by atoms with van der Waals surface area (Å²) in [6.45, 7) is -0.211. The minimum absolute atomic E-state index is 0.0161. The molecule has 5 aromatic rings. The van der Waals surface area contributed by atoms with Gasteiger partial charge in [-0.25, -0.2) is 9.59 Å². The second kappa shape index (κ2) is 8.56. The predicted octanol–water partition coefficient (Wildman–Crippen LogP) is 2.61. The number of fused-ring (bicyclic) bond motifs is 7. The molecule has 190 valence electrons. The maximum atomic E-state index is 13.4. The van der Waals surface area contributed by atoms with Crippen molar-refractivity contribution in [2.45, 2.75) is 24.5 Å². The van der Waals surface area contributed by atoms with Gasteiger partial charge in [-0.1, -0.05) is 36.4 Å². The van der Waals surface area contributed by atoms with Gasteiger partial charge in [0.25, 0.3) is 0 Å². The van der Waals surface area contributed by atoms with Crippen LogP contribution in [0.15, 0.2) is 48.5 Å². The van der Waals surface area contributed by atoms with Crippen LogP contribution >= 0.6 is 0 Å². The van der Waals surface area contributed by atoms with E-state index in [1.165, 1.54) is 14.2 Å². The fourth-order valence-electron chi connectivity index (χ4n) is 5.49. The Balaban J connectivity index is 1.89. The third-order valence-corrected chi connectivity index (χ3v) is 7.11. The highest BCUT2D eigenvalue weighted by Gasteiger charge is 2.41. The topological polar surface area (TPSA) is 143 Å². The number of aromatic amines is 1. The second-order valence-corrected chi connectivity index (χ2v) is 9.04. The van der Waals surface area contributed by atoms with Crippen molar-refractivity contribution in [2.24, 2.45) is 0 Å². The van der Waals surface area contributed by atoms with Crippen LogP contribution in [-0.4, -0.2) is 75.9 Å². The molecule has 10 nitrogen and oxygen atoms in total. The molecule has 6 rings (SSSR count). The van der Waals surface area contributed by atoms with E-state index < -0.39 is 36.5 Å². The molecule has 3 aromatic carbocycles. The van der Waals surface area contributed by atoms with E-state index in [1.54, 1.807) is 28.8 Å². The molecule has 0 bridgehead atoms. The zero-order valence-electron chi connectivity index (χ0n) is 20.0. The van der Waals surface area contributed by atoms with Crippen molar-refractivity contribution in [1.29, 1.82) is 0 Å². The summed E-state index contributed by atoms with van der Waals surface area (Å²) in [6.07, 6.45) is -5.31. The van der Waals surface area contributed by atoms with E-state index in [0.717, 1.165) is 0 Å². The number of ether oxygens (including phenoxy) is 3. The first-order valence-electron chi connectivity index (χ1n) is 11.7. The average molecular weight is 504 g/mol. The van der Waals surface area contributed by atoms with Gasteiger partial charge >= 0.3 is 11.9 Å². The molecule has 0 unspecified atom stereocenters. The standard InChI is InChI=1S/C27H24N2O8/c1-35-26(33)19-17-12-7-3-5-9-14(12)28-21(17)22-18(20(19)27(34)36-2)13-8-4-6-10-15(13)29(22)25-24(32)23(31)16(30)11-37-25/h3-10,16,23-25,28,30-32H,11H2,1-2H3/t16-,23+,24-,25-/m1/s1. The van der Waals surface area contributed by atoms with Crippen LogP contribution in [0.25, 0.3) is 43.6 Å². The Morgan fingerprint density at radius 3 is 2.22 bits per heavy atom. The number of aromatic nitrogens is 2. The lowest BCUT2D eigenvalue weighted by atomic mass is 9.95. The van der Waals surface area contributed by atoms with Gasteiger partial charge < -0.3 is 39.1 Å². The molecule has 10 heteroatoms. The molecule has 37 heavy (non-hydrogen) atoms. The third-order valence-electron chi connectivity index (χ3n) is 7.11.